The fourth-order valence-electron chi connectivity index (χ4n) is 5.64. The van der Waals surface area contributed by atoms with Gasteiger partial charge in [-0.2, -0.15) is 0 Å². The van der Waals surface area contributed by atoms with Crippen LogP contribution in [0.1, 0.15) is 40.5 Å². The fraction of sp³-hybridized carbons (Fsp3) is 0.133. The molecule has 0 fully saturated rings. The van der Waals surface area contributed by atoms with Gasteiger partial charge >= 0.3 is 11.9 Å². The Bertz CT molecular complexity index is 1520. The zero-order chi connectivity index (χ0) is 24.1. The van der Waals surface area contributed by atoms with E-state index in [2.05, 4.69) is 52.8 Å². The van der Waals surface area contributed by atoms with Gasteiger partial charge in [0.05, 0.1) is 5.92 Å². The summed E-state index contributed by atoms with van der Waals surface area (Å²) in [5.74, 6) is -0.124. The van der Waals surface area contributed by atoms with Crippen molar-refractivity contribution in [2.45, 2.75) is 18.3 Å². The maximum absolute atomic E-state index is 13.7. The molecule has 0 N–H and O–H groups in total. The van der Waals surface area contributed by atoms with Crippen LogP contribution in [-0.4, -0.2) is 11.9 Å². The molecule has 0 aromatic heterocycles. The van der Waals surface area contributed by atoms with Crippen LogP contribution >= 0.6 is 15.9 Å². The zero-order valence-electron chi connectivity index (χ0n) is 18.7. The number of fused-ring (bicyclic) bond motifs is 2. The van der Waals surface area contributed by atoms with E-state index < -0.39 is 5.97 Å². The normalized spacial score (nSPS) is 19.5. The molecule has 0 spiro atoms. The van der Waals surface area contributed by atoms with Crippen molar-refractivity contribution in [1.82, 2.24) is 0 Å². The minimum Gasteiger partial charge on any atom is -0.426 e. The van der Waals surface area contributed by atoms with Crippen molar-refractivity contribution in [3.05, 3.63) is 118 Å². The summed E-state index contributed by atoms with van der Waals surface area (Å²) in [7, 11) is 0. The summed E-state index contributed by atoms with van der Waals surface area (Å²) < 4.78 is 12.5. The van der Waals surface area contributed by atoms with E-state index in [9.17, 15) is 9.59 Å². The Labute approximate surface area is 211 Å². The number of esters is 2. The molecule has 3 aliphatic carbocycles. The van der Waals surface area contributed by atoms with E-state index in [0.29, 0.717) is 28.7 Å². The highest BCUT2D eigenvalue weighted by atomic mass is 79.9. The van der Waals surface area contributed by atoms with Crippen molar-refractivity contribution in [2.75, 3.05) is 0 Å². The molecule has 4 aromatic rings. The third kappa shape index (κ3) is 3.58. The fourth-order valence-corrected chi connectivity index (χ4v) is 6.02. The molecule has 7 rings (SSSR count). The average molecular weight is 525 g/mol. The lowest BCUT2D eigenvalue weighted by Gasteiger charge is -2.44. The van der Waals surface area contributed by atoms with E-state index in [1.807, 2.05) is 36.4 Å². The summed E-state index contributed by atoms with van der Waals surface area (Å²) in [6.45, 7) is 3.45. The van der Waals surface area contributed by atoms with Crippen LogP contribution in [0.2, 0.25) is 0 Å². The van der Waals surface area contributed by atoms with Gasteiger partial charge in [0.25, 0.3) is 0 Å². The average Bonchev–Trinajstić information content (AvgIpc) is 2.89. The predicted molar refractivity (Wildman–Crippen MR) is 138 cm³/mol. The van der Waals surface area contributed by atoms with Crippen LogP contribution < -0.4 is 9.47 Å². The summed E-state index contributed by atoms with van der Waals surface area (Å²) in [6, 6.07) is 25.5. The van der Waals surface area contributed by atoms with E-state index in [1.54, 1.807) is 12.1 Å². The maximum Gasteiger partial charge on any atom is 0.335 e. The third-order valence-corrected chi connectivity index (χ3v) is 7.59. The highest BCUT2D eigenvalue weighted by molar-refractivity contribution is 9.10. The van der Waals surface area contributed by atoms with Gasteiger partial charge in [-0.25, -0.2) is 4.79 Å². The first-order valence-electron chi connectivity index (χ1n) is 11.5. The lowest BCUT2D eigenvalue weighted by Crippen LogP contribution is -2.38. The Balaban J connectivity index is 1.37. The van der Waals surface area contributed by atoms with Crippen LogP contribution in [0, 0.1) is 5.92 Å². The van der Waals surface area contributed by atoms with E-state index in [4.69, 9.17) is 9.47 Å². The molecule has 2 bridgehead atoms. The van der Waals surface area contributed by atoms with Gasteiger partial charge in [0.1, 0.15) is 11.5 Å². The molecule has 0 amide bonds. The molecule has 3 aliphatic rings. The molecule has 5 heteroatoms. The van der Waals surface area contributed by atoms with Gasteiger partial charge < -0.3 is 9.47 Å². The molecule has 0 saturated carbocycles. The number of benzene rings is 4. The van der Waals surface area contributed by atoms with E-state index >= 15 is 0 Å². The summed E-state index contributed by atoms with van der Waals surface area (Å²) in [5, 5.41) is 1.40. The monoisotopic (exact) mass is 524 g/mol. The summed E-state index contributed by atoms with van der Waals surface area (Å²) >= 11 is 3.61. The molecule has 3 unspecified atom stereocenters. The molecule has 0 radical (unpaired) electrons. The van der Waals surface area contributed by atoms with E-state index in [0.717, 1.165) is 10.5 Å². The second-order valence-electron chi connectivity index (χ2n) is 8.93. The predicted octanol–water partition coefficient (Wildman–Crippen LogP) is 6.90. The zero-order valence-corrected chi connectivity index (χ0v) is 20.3. The van der Waals surface area contributed by atoms with E-state index in [1.165, 1.54) is 22.3 Å². The lowest BCUT2D eigenvalue weighted by molar-refractivity contribution is -0.140. The van der Waals surface area contributed by atoms with Crippen molar-refractivity contribution in [3.63, 3.8) is 0 Å². The Morgan fingerprint density at radius 2 is 1.43 bits per heavy atom. The van der Waals surface area contributed by atoms with Gasteiger partial charge in [-0.3, -0.25) is 4.79 Å². The van der Waals surface area contributed by atoms with Gasteiger partial charge in [-0.05, 0) is 52.9 Å². The third-order valence-electron chi connectivity index (χ3n) is 7.09. The van der Waals surface area contributed by atoms with Crippen LogP contribution in [0.5, 0.6) is 11.5 Å². The van der Waals surface area contributed by atoms with Crippen molar-refractivity contribution >= 4 is 38.6 Å². The molecule has 4 aromatic carbocycles. The number of carbonyl (C=O) groups is 2. The largest absolute Gasteiger partial charge is 0.426 e. The van der Waals surface area contributed by atoms with Crippen molar-refractivity contribution in [1.29, 1.82) is 0 Å². The molecule has 35 heavy (non-hydrogen) atoms. The number of ether oxygens (including phenoxy) is 2. The number of halogens is 1. The first-order valence-corrected chi connectivity index (χ1v) is 12.3. The Morgan fingerprint density at radius 3 is 2.14 bits per heavy atom. The van der Waals surface area contributed by atoms with Crippen LogP contribution in [0.3, 0.4) is 0 Å². The number of rotatable bonds is 4. The smallest absolute Gasteiger partial charge is 0.335 e. The van der Waals surface area contributed by atoms with Gasteiger partial charge in [0.15, 0.2) is 0 Å². The van der Waals surface area contributed by atoms with Crippen LogP contribution in [0.25, 0.3) is 10.8 Å². The topological polar surface area (TPSA) is 52.6 Å². The molecule has 3 atom stereocenters. The van der Waals surface area contributed by atoms with Crippen LogP contribution in [0.4, 0.5) is 0 Å². The molecule has 0 aliphatic heterocycles. The van der Waals surface area contributed by atoms with Crippen LogP contribution in [-0.2, 0) is 9.59 Å². The highest BCUT2D eigenvalue weighted by Crippen LogP contribution is 2.56. The second-order valence-corrected chi connectivity index (χ2v) is 9.84. The number of hydrogen-bond donors (Lipinski definition) is 0. The minimum atomic E-state index is -0.540. The molecule has 4 nitrogen and oxygen atoms in total. The SMILES string of the molecule is C=CC(=O)Oc1ccc(OC(=O)C2CC3c4ccccc4C2c2ccc(Br)cc23)c2ccccc12. The Kier molecular flexibility index (Phi) is 5.30. The molecule has 172 valence electrons. The van der Waals surface area contributed by atoms with Crippen molar-refractivity contribution in [3.8, 4) is 11.5 Å². The summed E-state index contributed by atoms with van der Waals surface area (Å²) in [6.07, 6.45) is 1.83. The minimum absolute atomic E-state index is 0.0501. The van der Waals surface area contributed by atoms with Gasteiger partial charge in [0, 0.05) is 33.2 Å². The quantitative estimate of drug-likeness (QED) is 0.165. The molecular weight excluding hydrogens is 504 g/mol. The maximum atomic E-state index is 13.7. The first kappa shape index (κ1) is 21.8. The summed E-state index contributed by atoms with van der Waals surface area (Å²) in [4.78, 5) is 25.4. The Morgan fingerprint density at radius 1 is 0.800 bits per heavy atom. The molecule has 0 heterocycles. The molecular formula is C30H21BrO4. The van der Waals surface area contributed by atoms with Gasteiger partial charge in [-0.15, -0.1) is 0 Å². The highest BCUT2D eigenvalue weighted by Gasteiger charge is 2.47. The lowest BCUT2D eigenvalue weighted by atomic mass is 9.59. The number of carbonyl (C=O) groups excluding carboxylic acids is 2. The van der Waals surface area contributed by atoms with Crippen molar-refractivity contribution < 1.29 is 19.1 Å². The first-order chi connectivity index (χ1) is 17.0. The molecule has 0 saturated heterocycles. The van der Waals surface area contributed by atoms with E-state index in [-0.39, 0.29) is 23.7 Å². The van der Waals surface area contributed by atoms with Gasteiger partial charge in [-0.1, -0.05) is 77.1 Å². The Hall–Kier alpha value is -3.70. The second kappa shape index (κ2) is 8.51. The van der Waals surface area contributed by atoms with Gasteiger partial charge in [0.2, 0.25) is 0 Å². The summed E-state index contributed by atoms with van der Waals surface area (Å²) in [5.41, 5.74) is 4.98. The van der Waals surface area contributed by atoms with Crippen molar-refractivity contribution in [2.24, 2.45) is 5.92 Å². The number of hydrogen-bond acceptors (Lipinski definition) is 4. The van der Waals surface area contributed by atoms with Crippen LogP contribution in [0.15, 0.2) is 96.0 Å². The standard InChI is InChI=1S/C30H21BrO4/c1-2-28(32)34-26-13-14-27(20-9-5-4-8-19(20)26)35-30(33)25-16-24-18-7-3-6-10-21(18)29(25)22-12-11-17(31)15-23(22)24/h2-15,24-25,29H,1,16H2.